The lowest BCUT2D eigenvalue weighted by Gasteiger charge is -2.17. The second-order valence-electron chi connectivity index (χ2n) is 6.30. The van der Waals surface area contributed by atoms with Crippen LogP contribution in [0.25, 0.3) is 0 Å². The van der Waals surface area contributed by atoms with Crippen LogP contribution in [0.5, 0.6) is 5.75 Å². The quantitative estimate of drug-likeness (QED) is 0.845. The molecule has 6 heteroatoms. The van der Waals surface area contributed by atoms with Crippen molar-refractivity contribution in [2.24, 2.45) is 5.92 Å². The summed E-state index contributed by atoms with van der Waals surface area (Å²) < 4.78 is 5.34. The van der Waals surface area contributed by atoms with E-state index < -0.39 is 0 Å². The maximum Gasteiger partial charge on any atom is 0.229 e. The predicted octanol–water partition coefficient (Wildman–Crippen LogP) is 3.38. The van der Waals surface area contributed by atoms with Gasteiger partial charge in [0, 0.05) is 30.2 Å². The zero-order chi connectivity index (χ0) is 18.5. The molecular weight excluding hydrogens is 352 g/mol. The zero-order valence-electron chi connectivity index (χ0n) is 14.6. The molecule has 2 amide bonds. The predicted molar refractivity (Wildman–Crippen MR) is 101 cm³/mol. The van der Waals surface area contributed by atoms with Gasteiger partial charge in [0.1, 0.15) is 5.75 Å². The molecular formula is C20H21ClN2O3. The second kappa shape index (κ2) is 8.23. The Bertz CT molecular complexity index is 792. The molecule has 0 spiro atoms. The smallest absolute Gasteiger partial charge is 0.229 e. The van der Waals surface area contributed by atoms with Crippen LogP contribution in [-0.4, -0.2) is 36.9 Å². The van der Waals surface area contributed by atoms with Crippen LogP contribution in [0.2, 0.25) is 5.02 Å². The number of ether oxygens (including phenoxy) is 1. The van der Waals surface area contributed by atoms with Gasteiger partial charge in [-0.25, -0.2) is 0 Å². The number of halogens is 1. The van der Waals surface area contributed by atoms with Gasteiger partial charge in [-0.3, -0.25) is 9.59 Å². The molecule has 0 radical (unpaired) electrons. The molecule has 5 nitrogen and oxygen atoms in total. The minimum atomic E-state index is -0.337. The average Bonchev–Trinajstić information content (AvgIpc) is 3.03. The van der Waals surface area contributed by atoms with Gasteiger partial charge in [-0.2, -0.15) is 0 Å². The summed E-state index contributed by atoms with van der Waals surface area (Å²) in [6.45, 7) is 1.01. The van der Waals surface area contributed by atoms with Crippen LogP contribution in [0.4, 0.5) is 5.69 Å². The number of rotatable bonds is 6. The molecule has 3 rings (SSSR count). The van der Waals surface area contributed by atoms with E-state index in [1.165, 1.54) is 0 Å². The number of nitrogens with zero attached hydrogens (tertiary/aromatic N) is 1. The summed E-state index contributed by atoms with van der Waals surface area (Å²) in [7, 11) is 1.64. The van der Waals surface area contributed by atoms with Gasteiger partial charge in [0.25, 0.3) is 0 Å². The number of hydrogen-bond donors (Lipinski definition) is 1. The van der Waals surface area contributed by atoms with Crippen molar-refractivity contribution in [2.75, 3.05) is 25.5 Å². The summed E-state index contributed by atoms with van der Waals surface area (Å²) in [6, 6.07) is 14.7. The molecule has 26 heavy (non-hydrogen) atoms. The summed E-state index contributed by atoms with van der Waals surface area (Å²) in [5.74, 6) is 0.351. The minimum absolute atomic E-state index is 0.0103. The Labute approximate surface area is 157 Å². The number of hydrogen-bond acceptors (Lipinski definition) is 3. The Morgan fingerprint density at radius 1 is 1.23 bits per heavy atom. The van der Waals surface area contributed by atoms with Crippen molar-refractivity contribution in [1.82, 2.24) is 4.90 Å². The first-order valence-electron chi connectivity index (χ1n) is 8.53. The first kappa shape index (κ1) is 18.3. The fourth-order valence-electron chi connectivity index (χ4n) is 3.11. The van der Waals surface area contributed by atoms with E-state index in [2.05, 4.69) is 5.32 Å². The summed E-state index contributed by atoms with van der Waals surface area (Å²) in [5, 5.41) is 3.46. The van der Waals surface area contributed by atoms with Crippen molar-refractivity contribution in [3.63, 3.8) is 0 Å². The third-order valence-corrected chi connectivity index (χ3v) is 4.79. The highest BCUT2D eigenvalue weighted by molar-refractivity contribution is 6.30. The van der Waals surface area contributed by atoms with Gasteiger partial charge in [0.15, 0.2) is 0 Å². The van der Waals surface area contributed by atoms with Crippen molar-refractivity contribution >= 4 is 29.1 Å². The molecule has 1 aliphatic heterocycles. The Hall–Kier alpha value is -2.53. The van der Waals surface area contributed by atoms with Crippen LogP contribution in [0.3, 0.4) is 0 Å². The first-order valence-corrected chi connectivity index (χ1v) is 8.90. The maximum absolute atomic E-state index is 12.4. The van der Waals surface area contributed by atoms with Gasteiger partial charge in [0.05, 0.1) is 13.0 Å². The molecule has 1 saturated heterocycles. The number of likely N-dealkylation sites (tertiary alicyclic amines) is 1. The molecule has 0 aromatic heterocycles. The largest absolute Gasteiger partial charge is 0.496 e. The van der Waals surface area contributed by atoms with Gasteiger partial charge in [0.2, 0.25) is 11.8 Å². The number of anilines is 1. The highest BCUT2D eigenvalue weighted by atomic mass is 35.5. The molecule has 2 aromatic rings. The third kappa shape index (κ3) is 4.35. The molecule has 0 bridgehead atoms. The van der Waals surface area contributed by atoms with Gasteiger partial charge >= 0.3 is 0 Å². The van der Waals surface area contributed by atoms with E-state index in [-0.39, 0.29) is 24.2 Å². The molecule has 1 heterocycles. The normalized spacial score (nSPS) is 16.6. The number of carbonyl (C=O) groups is 2. The van der Waals surface area contributed by atoms with Gasteiger partial charge in [-0.15, -0.1) is 0 Å². The number of amides is 2. The number of nitrogens with one attached hydrogen (secondary N) is 1. The molecule has 1 unspecified atom stereocenters. The number of para-hydroxylation sites is 1. The zero-order valence-corrected chi connectivity index (χ0v) is 15.3. The van der Waals surface area contributed by atoms with E-state index in [1.807, 2.05) is 24.3 Å². The van der Waals surface area contributed by atoms with Crippen LogP contribution >= 0.6 is 11.6 Å². The SMILES string of the molecule is COc1ccccc1CCN1CC(C(=O)Nc2ccc(Cl)cc2)CC1=O. The minimum Gasteiger partial charge on any atom is -0.496 e. The molecule has 136 valence electrons. The van der Waals surface area contributed by atoms with Crippen molar-refractivity contribution < 1.29 is 14.3 Å². The van der Waals surface area contributed by atoms with Crippen LogP contribution in [-0.2, 0) is 16.0 Å². The maximum atomic E-state index is 12.4. The van der Waals surface area contributed by atoms with E-state index in [4.69, 9.17) is 16.3 Å². The Balaban J connectivity index is 1.56. The van der Waals surface area contributed by atoms with Gasteiger partial charge in [-0.1, -0.05) is 29.8 Å². The molecule has 0 aliphatic carbocycles. The van der Waals surface area contributed by atoms with E-state index in [9.17, 15) is 9.59 Å². The second-order valence-corrected chi connectivity index (χ2v) is 6.74. The van der Waals surface area contributed by atoms with Crippen LogP contribution in [0.15, 0.2) is 48.5 Å². The first-order chi connectivity index (χ1) is 12.6. The molecule has 0 saturated carbocycles. The number of carbonyl (C=O) groups excluding carboxylic acids is 2. The lowest BCUT2D eigenvalue weighted by Crippen LogP contribution is -2.30. The fourth-order valence-corrected chi connectivity index (χ4v) is 3.23. The lowest BCUT2D eigenvalue weighted by molar-refractivity contribution is -0.128. The highest BCUT2D eigenvalue weighted by Crippen LogP contribution is 2.23. The molecule has 1 N–H and O–H groups in total. The van der Waals surface area contributed by atoms with E-state index in [1.54, 1.807) is 36.3 Å². The monoisotopic (exact) mass is 372 g/mol. The number of benzene rings is 2. The van der Waals surface area contributed by atoms with E-state index >= 15 is 0 Å². The lowest BCUT2D eigenvalue weighted by atomic mass is 10.1. The van der Waals surface area contributed by atoms with Crippen molar-refractivity contribution in [2.45, 2.75) is 12.8 Å². The van der Waals surface area contributed by atoms with Crippen LogP contribution in [0, 0.1) is 5.92 Å². The van der Waals surface area contributed by atoms with Crippen molar-refractivity contribution in [1.29, 1.82) is 0 Å². The summed E-state index contributed by atoms with van der Waals surface area (Å²) in [4.78, 5) is 26.4. The summed E-state index contributed by atoms with van der Waals surface area (Å²) >= 11 is 5.85. The molecule has 1 atom stereocenters. The van der Waals surface area contributed by atoms with Crippen LogP contribution in [0.1, 0.15) is 12.0 Å². The van der Waals surface area contributed by atoms with Crippen molar-refractivity contribution in [3.8, 4) is 5.75 Å². The molecule has 1 fully saturated rings. The topological polar surface area (TPSA) is 58.6 Å². The summed E-state index contributed by atoms with van der Waals surface area (Å²) in [6.07, 6.45) is 0.937. The number of methoxy groups -OCH3 is 1. The molecule has 1 aliphatic rings. The van der Waals surface area contributed by atoms with E-state index in [0.29, 0.717) is 30.2 Å². The Kier molecular flexibility index (Phi) is 5.78. The summed E-state index contributed by atoms with van der Waals surface area (Å²) in [5.41, 5.74) is 1.73. The van der Waals surface area contributed by atoms with Gasteiger partial charge < -0.3 is 15.0 Å². The Morgan fingerprint density at radius 2 is 1.96 bits per heavy atom. The van der Waals surface area contributed by atoms with Gasteiger partial charge in [-0.05, 0) is 42.3 Å². The molecule has 2 aromatic carbocycles. The highest BCUT2D eigenvalue weighted by Gasteiger charge is 2.34. The van der Waals surface area contributed by atoms with E-state index in [0.717, 1.165) is 11.3 Å². The fraction of sp³-hybridized carbons (Fsp3) is 0.300. The van der Waals surface area contributed by atoms with Crippen molar-refractivity contribution in [3.05, 3.63) is 59.1 Å². The standard InChI is InChI=1S/C20H21ClN2O3/c1-26-18-5-3-2-4-14(18)10-11-23-13-15(12-19(23)24)20(25)22-17-8-6-16(21)7-9-17/h2-9,15H,10-13H2,1H3,(H,22,25). The van der Waals surface area contributed by atoms with Crippen LogP contribution < -0.4 is 10.1 Å². The Morgan fingerprint density at radius 3 is 2.69 bits per heavy atom. The third-order valence-electron chi connectivity index (χ3n) is 4.54. The average molecular weight is 373 g/mol.